The maximum atomic E-state index is 12.3. The number of nitrogens with one attached hydrogen (secondary N) is 1. The van der Waals surface area contributed by atoms with Gasteiger partial charge in [0.1, 0.15) is 0 Å². The van der Waals surface area contributed by atoms with Crippen LogP contribution >= 0.6 is 0 Å². The molecule has 110 valence electrons. The summed E-state index contributed by atoms with van der Waals surface area (Å²) in [6.07, 6.45) is 9.01. The van der Waals surface area contributed by atoms with Crippen LogP contribution in [0.3, 0.4) is 0 Å². The minimum Gasteiger partial charge on any atom is -0.349 e. The zero-order valence-corrected chi connectivity index (χ0v) is 12.3. The molecule has 3 nitrogen and oxygen atoms in total. The zero-order chi connectivity index (χ0) is 14.7. The number of nitrogens with zero attached hydrogens (tertiary/aromatic N) is 1. The maximum Gasteiger partial charge on any atom is 0.251 e. The van der Waals surface area contributed by atoms with Crippen molar-refractivity contribution < 1.29 is 4.79 Å². The molecular formula is C18H22N2O. The summed E-state index contributed by atoms with van der Waals surface area (Å²) in [5.41, 5.74) is 1.24. The molecule has 1 amide bonds. The molecule has 0 bridgehead atoms. The third kappa shape index (κ3) is 3.26. The average Bonchev–Trinajstić information content (AvgIpc) is 2.55. The van der Waals surface area contributed by atoms with Gasteiger partial charge in [0.15, 0.2) is 0 Å². The standard InChI is InChI=1S/C18H22N2O/c19-12-13-5-7-15(8-6-13)18(21)20-17-10-9-14-3-1-2-4-16(14)11-17/h5-8,14,16-17H,1-4,9-11H2,(H,20,21). The van der Waals surface area contributed by atoms with Crippen LogP contribution in [0.1, 0.15) is 60.9 Å². The SMILES string of the molecule is N#Cc1ccc(C(=O)NC2CCC3CCCCC3C2)cc1. The van der Waals surface area contributed by atoms with Gasteiger partial charge in [0.2, 0.25) is 0 Å². The zero-order valence-electron chi connectivity index (χ0n) is 12.3. The molecule has 3 rings (SSSR count). The van der Waals surface area contributed by atoms with Gasteiger partial charge < -0.3 is 5.32 Å². The third-order valence-corrected chi connectivity index (χ3v) is 5.15. The summed E-state index contributed by atoms with van der Waals surface area (Å²) in [5.74, 6) is 1.72. The van der Waals surface area contributed by atoms with Crippen LogP contribution < -0.4 is 5.32 Å². The van der Waals surface area contributed by atoms with E-state index < -0.39 is 0 Å². The third-order valence-electron chi connectivity index (χ3n) is 5.15. The molecule has 1 aromatic carbocycles. The van der Waals surface area contributed by atoms with E-state index >= 15 is 0 Å². The fraction of sp³-hybridized carbons (Fsp3) is 0.556. The van der Waals surface area contributed by atoms with Crippen LogP contribution in [-0.2, 0) is 0 Å². The highest BCUT2D eigenvalue weighted by Gasteiger charge is 2.32. The van der Waals surface area contributed by atoms with Crippen LogP contribution in [0.15, 0.2) is 24.3 Å². The fourth-order valence-electron chi connectivity index (χ4n) is 3.97. The Balaban J connectivity index is 1.58. The van der Waals surface area contributed by atoms with E-state index in [0.717, 1.165) is 24.7 Å². The molecule has 21 heavy (non-hydrogen) atoms. The van der Waals surface area contributed by atoms with E-state index in [1.54, 1.807) is 24.3 Å². The first-order valence-electron chi connectivity index (χ1n) is 8.07. The molecule has 1 N–H and O–H groups in total. The highest BCUT2D eigenvalue weighted by molar-refractivity contribution is 5.94. The second kappa shape index (κ2) is 6.30. The summed E-state index contributed by atoms with van der Waals surface area (Å²) in [5, 5.41) is 12.0. The normalized spacial score (nSPS) is 28.2. The molecule has 0 aromatic heterocycles. The van der Waals surface area contributed by atoms with E-state index in [9.17, 15) is 4.79 Å². The number of benzene rings is 1. The molecule has 3 unspecified atom stereocenters. The number of hydrogen-bond donors (Lipinski definition) is 1. The first-order chi connectivity index (χ1) is 10.3. The second-order valence-electron chi connectivity index (χ2n) is 6.48. The van der Waals surface area contributed by atoms with Crippen molar-refractivity contribution in [1.82, 2.24) is 5.32 Å². The van der Waals surface area contributed by atoms with E-state index in [0.29, 0.717) is 17.2 Å². The average molecular weight is 282 g/mol. The predicted octanol–water partition coefficient (Wildman–Crippen LogP) is 3.65. The van der Waals surface area contributed by atoms with E-state index in [2.05, 4.69) is 11.4 Å². The number of rotatable bonds is 2. The molecule has 0 saturated heterocycles. The van der Waals surface area contributed by atoms with Gasteiger partial charge in [-0.05, 0) is 55.4 Å². The van der Waals surface area contributed by atoms with Crippen molar-refractivity contribution in [2.24, 2.45) is 11.8 Å². The first kappa shape index (κ1) is 14.1. The minimum absolute atomic E-state index is 0.00116. The summed E-state index contributed by atoms with van der Waals surface area (Å²) in [6, 6.07) is 9.28. The molecule has 1 aromatic rings. The summed E-state index contributed by atoms with van der Waals surface area (Å²) >= 11 is 0. The molecule has 0 heterocycles. The molecule has 2 fully saturated rings. The van der Waals surface area contributed by atoms with Crippen molar-refractivity contribution in [3.63, 3.8) is 0 Å². The van der Waals surface area contributed by atoms with Crippen LogP contribution in [0.5, 0.6) is 0 Å². The predicted molar refractivity (Wildman–Crippen MR) is 81.7 cm³/mol. The molecule has 2 aliphatic carbocycles. The van der Waals surface area contributed by atoms with Gasteiger partial charge in [-0.1, -0.05) is 25.7 Å². The Morgan fingerprint density at radius 1 is 1.05 bits per heavy atom. The first-order valence-corrected chi connectivity index (χ1v) is 8.07. The van der Waals surface area contributed by atoms with E-state index in [4.69, 9.17) is 5.26 Å². The molecule has 3 atom stereocenters. The van der Waals surface area contributed by atoms with Crippen LogP contribution in [-0.4, -0.2) is 11.9 Å². The minimum atomic E-state index is -0.00116. The largest absolute Gasteiger partial charge is 0.349 e. The van der Waals surface area contributed by atoms with Gasteiger partial charge in [-0.2, -0.15) is 5.26 Å². The Kier molecular flexibility index (Phi) is 4.24. The number of fused-ring (bicyclic) bond motifs is 1. The number of carbonyl (C=O) groups excluding carboxylic acids is 1. The van der Waals surface area contributed by atoms with Crippen molar-refractivity contribution in [2.75, 3.05) is 0 Å². The van der Waals surface area contributed by atoms with Crippen LogP contribution in [0.4, 0.5) is 0 Å². The van der Waals surface area contributed by atoms with Gasteiger partial charge in [-0.3, -0.25) is 4.79 Å². The van der Waals surface area contributed by atoms with Gasteiger partial charge in [0, 0.05) is 11.6 Å². The van der Waals surface area contributed by atoms with Gasteiger partial charge in [-0.25, -0.2) is 0 Å². The topological polar surface area (TPSA) is 52.9 Å². The summed E-state index contributed by atoms with van der Waals surface area (Å²) in [4.78, 5) is 12.3. The Morgan fingerprint density at radius 2 is 1.76 bits per heavy atom. The highest BCUT2D eigenvalue weighted by atomic mass is 16.1. The lowest BCUT2D eigenvalue weighted by atomic mass is 9.69. The lowest BCUT2D eigenvalue weighted by Gasteiger charge is -2.39. The Bertz CT molecular complexity index is 543. The van der Waals surface area contributed by atoms with Gasteiger partial charge in [-0.15, -0.1) is 0 Å². The summed E-state index contributed by atoms with van der Waals surface area (Å²) in [6.45, 7) is 0. The number of nitriles is 1. The summed E-state index contributed by atoms with van der Waals surface area (Å²) in [7, 11) is 0. The summed E-state index contributed by atoms with van der Waals surface area (Å²) < 4.78 is 0. The number of carbonyl (C=O) groups is 1. The Morgan fingerprint density at radius 3 is 2.48 bits per heavy atom. The molecule has 2 saturated carbocycles. The van der Waals surface area contributed by atoms with Crippen molar-refractivity contribution in [3.05, 3.63) is 35.4 Å². The van der Waals surface area contributed by atoms with Gasteiger partial charge in [0.05, 0.1) is 11.6 Å². The molecular weight excluding hydrogens is 260 g/mol. The van der Waals surface area contributed by atoms with Crippen LogP contribution in [0.25, 0.3) is 0 Å². The molecule has 0 aliphatic heterocycles. The van der Waals surface area contributed by atoms with Crippen molar-refractivity contribution >= 4 is 5.91 Å². The quantitative estimate of drug-likeness (QED) is 0.900. The molecule has 0 spiro atoms. The fourth-order valence-corrected chi connectivity index (χ4v) is 3.97. The second-order valence-corrected chi connectivity index (χ2v) is 6.48. The molecule has 2 aliphatic rings. The number of amides is 1. The van der Waals surface area contributed by atoms with E-state index in [-0.39, 0.29) is 5.91 Å². The smallest absolute Gasteiger partial charge is 0.251 e. The number of hydrogen-bond acceptors (Lipinski definition) is 2. The lowest BCUT2D eigenvalue weighted by molar-refractivity contribution is 0.0879. The molecule has 3 heteroatoms. The van der Waals surface area contributed by atoms with Crippen molar-refractivity contribution in [1.29, 1.82) is 5.26 Å². The van der Waals surface area contributed by atoms with Crippen molar-refractivity contribution in [2.45, 2.75) is 51.0 Å². The highest BCUT2D eigenvalue weighted by Crippen LogP contribution is 2.40. The molecule has 0 radical (unpaired) electrons. The van der Waals surface area contributed by atoms with Gasteiger partial charge in [0.25, 0.3) is 5.91 Å². The lowest BCUT2D eigenvalue weighted by Crippen LogP contribution is -2.41. The Hall–Kier alpha value is -1.82. The van der Waals surface area contributed by atoms with E-state index in [1.165, 1.54) is 32.1 Å². The van der Waals surface area contributed by atoms with Crippen molar-refractivity contribution in [3.8, 4) is 6.07 Å². The van der Waals surface area contributed by atoms with Crippen LogP contribution in [0, 0.1) is 23.2 Å². The Labute approximate surface area is 126 Å². The van der Waals surface area contributed by atoms with Gasteiger partial charge >= 0.3 is 0 Å². The van der Waals surface area contributed by atoms with E-state index in [1.807, 2.05) is 0 Å². The maximum absolute atomic E-state index is 12.3. The van der Waals surface area contributed by atoms with Crippen LogP contribution in [0.2, 0.25) is 0 Å². The monoisotopic (exact) mass is 282 g/mol.